The number of hydrogen-bond acceptors (Lipinski definition) is 3. The molecule has 0 aromatic heterocycles. The summed E-state index contributed by atoms with van der Waals surface area (Å²) in [6.07, 6.45) is 0.893. The second kappa shape index (κ2) is 6.63. The molecule has 0 bridgehead atoms. The van der Waals surface area contributed by atoms with Crippen LogP contribution in [0.1, 0.15) is 56.7 Å². The van der Waals surface area contributed by atoms with Gasteiger partial charge >= 0.3 is 0 Å². The molecule has 0 radical (unpaired) electrons. The number of carbonyl (C=O) groups is 1. The summed E-state index contributed by atoms with van der Waals surface area (Å²) in [4.78, 5) is 20.1. The first kappa shape index (κ1) is 19.0. The molecule has 0 N–H and O–H groups in total. The lowest BCUT2D eigenvalue weighted by Crippen LogP contribution is -2.50. The average Bonchev–Trinajstić information content (AvgIpc) is 2.89. The molecular formula is C23H25ClN2O2. The molecule has 4 nitrogen and oxygen atoms in total. The van der Waals surface area contributed by atoms with E-state index in [1.165, 1.54) is 0 Å². The number of halogens is 1. The van der Waals surface area contributed by atoms with Gasteiger partial charge in [-0.05, 0) is 75.4 Å². The third-order valence-electron chi connectivity index (χ3n) is 5.65. The summed E-state index contributed by atoms with van der Waals surface area (Å²) >= 11 is 6.27. The Morgan fingerprint density at radius 1 is 1.29 bits per heavy atom. The molecule has 146 valence electrons. The number of nitrogens with zero attached hydrogens (tertiary/aromatic N) is 2. The minimum Gasteiger partial charge on any atom is -0.494 e. The Morgan fingerprint density at radius 3 is 2.71 bits per heavy atom. The minimum absolute atomic E-state index is 0.0569. The van der Waals surface area contributed by atoms with Crippen molar-refractivity contribution >= 4 is 34.6 Å². The van der Waals surface area contributed by atoms with Crippen LogP contribution in [0.3, 0.4) is 0 Å². The van der Waals surface area contributed by atoms with Gasteiger partial charge in [-0.2, -0.15) is 0 Å². The molecule has 0 spiro atoms. The van der Waals surface area contributed by atoms with Crippen molar-refractivity contribution in [2.45, 2.75) is 52.5 Å². The van der Waals surface area contributed by atoms with Crippen LogP contribution in [0.15, 0.2) is 35.3 Å². The van der Waals surface area contributed by atoms with Crippen molar-refractivity contribution in [3.63, 3.8) is 0 Å². The fourth-order valence-corrected chi connectivity index (χ4v) is 4.60. The molecule has 2 aliphatic rings. The van der Waals surface area contributed by atoms with E-state index in [1.54, 1.807) is 6.07 Å². The largest absolute Gasteiger partial charge is 0.494 e. The summed E-state index contributed by atoms with van der Waals surface area (Å²) in [7, 11) is 0. The van der Waals surface area contributed by atoms with E-state index >= 15 is 0 Å². The van der Waals surface area contributed by atoms with E-state index in [9.17, 15) is 4.79 Å². The first-order valence-electron chi connectivity index (χ1n) is 9.73. The minimum atomic E-state index is -0.270. The molecule has 4 rings (SSSR count). The lowest BCUT2D eigenvalue weighted by molar-refractivity contribution is -0.113. The molecule has 1 unspecified atom stereocenters. The third-order valence-corrected chi connectivity index (χ3v) is 6.05. The molecule has 1 amide bonds. The summed E-state index contributed by atoms with van der Waals surface area (Å²) in [5.74, 6) is 1.06. The van der Waals surface area contributed by atoms with Crippen LogP contribution in [0.4, 0.5) is 11.4 Å². The quantitative estimate of drug-likeness (QED) is 0.657. The van der Waals surface area contributed by atoms with Crippen LogP contribution in [-0.4, -0.2) is 23.8 Å². The van der Waals surface area contributed by atoms with Gasteiger partial charge in [-0.3, -0.25) is 4.79 Å². The smallest absolute Gasteiger partial charge is 0.278 e. The number of amides is 1. The summed E-state index contributed by atoms with van der Waals surface area (Å²) < 4.78 is 5.80. The van der Waals surface area contributed by atoms with Crippen LogP contribution in [0, 0.1) is 6.92 Å². The Hall–Kier alpha value is -2.33. The molecule has 1 atom stereocenters. The Balaban J connectivity index is 1.94. The van der Waals surface area contributed by atoms with Crippen molar-refractivity contribution in [1.82, 2.24) is 0 Å². The van der Waals surface area contributed by atoms with Crippen LogP contribution in [0.5, 0.6) is 5.75 Å². The second-order valence-corrected chi connectivity index (χ2v) is 8.70. The van der Waals surface area contributed by atoms with Crippen molar-refractivity contribution in [3.05, 3.63) is 52.0 Å². The first-order valence-corrected chi connectivity index (χ1v) is 10.1. The number of carbonyl (C=O) groups excluding carboxylic acids is 1. The standard InChI is InChI=1S/C23H25ClN2O2/c1-6-28-16-10-17-14(3)12-23(4,5)26-21(17)18(11-16)20(22(26)27)25-15-8-7-13(2)19(24)9-15/h7-11,14H,6,12H2,1-5H3. The molecule has 2 aromatic rings. The molecule has 2 aliphatic heterocycles. The van der Waals surface area contributed by atoms with Crippen molar-refractivity contribution in [2.24, 2.45) is 4.99 Å². The predicted molar refractivity (Wildman–Crippen MR) is 115 cm³/mol. The normalized spacial score (nSPS) is 21.2. The second-order valence-electron chi connectivity index (χ2n) is 8.29. The number of rotatable bonds is 3. The van der Waals surface area contributed by atoms with Crippen LogP contribution in [0.25, 0.3) is 0 Å². The van der Waals surface area contributed by atoms with E-state index in [-0.39, 0.29) is 11.4 Å². The van der Waals surface area contributed by atoms with E-state index in [2.05, 4.69) is 26.8 Å². The summed E-state index contributed by atoms with van der Waals surface area (Å²) in [5.41, 5.74) is 4.84. The summed E-state index contributed by atoms with van der Waals surface area (Å²) in [6.45, 7) is 10.9. The molecule has 2 aromatic carbocycles. The third kappa shape index (κ3) is 2.91. The predicted octanol–water partition coefficient (Wildman–Crippen LogP) is 5.80. The Morgan fingerprint density at radius 2 is 2.04 bits per heavy atom. The summed E-state index contributed by atoms with van der Waals surface area (Å²) in [6, 6.07) is 9.65. The maximum atomic E-state index is 13.4. The van der Waals surface area contributed by atoms with Gasteiger partial charge in [0.25, 0.3) is 5.91 Å². The van der Waals surface area contributed by atoms with Crippen LogP contribution >= 0.6 is 11.6 Å². The monoisotopic (exact) mass is 396 g/mol. The first-order chi connectivity index (χ1) is 13.2. The van der Waals surface area contributed by atoms with Gasteiger partial charge in [-0.25, -0.2) is 4.99 Å². The molecule has 28 heavy (non-hydrogen) atoms. The number of aryl methyl sites for hydroxylation is 1. The van der Waals surface area contributed by atoms with Gasteiger partial charge in [-0.1, -0.05) is 24.6 Å². The van der Waals surface area contributed by atoms with E-state index in [0.717, 1.165) is 34.5 Å². The SMILES string of the molecule is CCOc1cc2c3c(c1)C(C)CC(C)(C)N3C(=O)C2=Nc1ccc(C)c(Cl)c1. The number of anilines is 1. The fraction of sp³-hybridized carbons (Fsp3) is 0.391. The lowest BCUT2D eigenvalue weighted by Gasteiger charge is -2.43. The lowest BCUT2D eigenvalue weighted by atomic mass is 9.80. The Kier molecular flexibility index (Phi) is 4.50. The number of benzene rings is 2. The molecule has 0 aliphatic carbocycles. The topological polar surface area (TPSA) is 41.9 Å². The Bertz CT molecular complexity index is 1010. The maximum absolute atomic E-state index is 13.4. The van der Waals surface area contributed by atoms with Gasteiger partial charge < -0.3 is 9.64 Å². The van der Waals surface area contributed by atoms with E-state index in [1.807, 2.05) is 36.9 Å². The highest BCUT2D eigenvalue weighted by Gasteiger charge is 2.48. The Labute approximate surface area is 171 Å². The van der Waals surface area contributed by atoms with Gasteiger partial charge in [0.1, 0.15) is 11.5 Å². The average molecular weight is 397 g/mol. The van der Waals surface area contributed by atoms with Gasteiger partial charge in [0.05, 0.1) is 18.0 Å². The van der Waals surface area contributed by atoms with Crippen molar-refractivity contribution in [1.29, 1.82) is 0 Å². The zero-order valence-electron chi connectivity index (χ0n) is 17.0. The van der Waals surface area contributed by atoms with Crippen molar-refractivity contribution in [3.8, 4) is 5.75 Å². The molecule has 0 fully saturated rings. The van der Waals surface area contributed by atoms with Gasteiger partial charge in [0, 0.05) is 16.1 Å². The zero-order valence-corrected chi connectivity index (χ0v) is 17.7. The molecule has 2 heterocycles. The highest BCUT2D eigenvalue weighted by Crippen LogP contribution is 2.50. The number of aliphatic imine (C=N–C) groups is 1. The van der Waals surface area contributed by atoms with E-state index in [4.69, 9.17) is 21.3 Å². The molecule has 0 saturated heterocycles. The molecular weight excluding hydrogens is 372 g/mol. The van der Waals surface area contributed by atoms with Crippen molar-refractivity contribution in [2.75, 3.05) is 11.5 Å². The van der Waals surface area contributed by atoms with Gasteiger partial charge in [0.15, 0.2) is 0 Å². The highest BCUT2D eigenvalue weighted by atomic mass is 35.5. The zero-order chi connectivity index (χ0) is 20.2. The highest BCUT2D eigenvalue weighted by molar-refractivity contribution is 6.55. The van der Waals surface area contributed by atoms with Gasteiger partial charge in [0.2, 0.25) is 0 Å². The van der Waals surface area contributed by atoms with Crippen molar-refractivity contribution < 1.29 is 9.53 Å². The number of ether oxygens (including phenoxy) is 1. The van der Waals surface area contributed by atoms with Gasteiger partial charge in [-0.15, -0.1) is 0 Å². The maximum Gasteiger partial charge on any atom is 0.278 e. The van der Waals surface area contributed by atoms with E-state index < -0.39 is 0 Å². The fourth-order valence-electron chi connectivity index (χ4n) is 4.42. The van der Waals surface area contributed by atoms with E-state index in [0.29, 0.717) is 28.9 Å². The van der Waals surface area contributed by atoms with Crippen LogP contribution in [0.2, 0.25) is 5.02 Å². The molecule has 0 saturated carbocycles. The molecule has 5 heteroatoms. The number of hydrogen-bond donors (Lipinski definition) is 0. The van der Waals surface area contributed by atoms with Crippen LogP contribution < -0.4 is 9.64 Å². The summed E-state index contributed by atoms with van der Waals surface area (Å²) in [5, 5.41) is 0.645. The van der Waals surface area contributed by atoms with Crippen LogP contribution in [-0.2, 0) is 4.79 Å².